The molecule has 0 aliphatic carbocycles. The zero-order valence-corrected chi connectivity index (χ0v) is 39.6. The fourth-order valence-corrected chi connectivity index (χ4v) is 6.28. The van der Waals surface area contributed by atoms with Gasteiger partial charge < -0.3 is 38.9 Å². The molecule has 0 bridgehead atoms. The highest BCUT2D eigenvalue weighted by Crippen LogP contribution is 2.34. The van der Waals surface area contributed by atoms with Crippen molar-refractivity contribution in [2.45, 2.75) is 38.1 Å². The summed E-state index contributed by atoms with van der Waals surface area (Å²) in [5.74, 6) is -1.90. The first-order valence-corrected chi connectivity index (χ1v) is 22.2. The van der Waals surface area contributed by atoms with Crippen LogP contribution in [0, 0.1) is 17.0 Å². The molecule has 0 heterocycles. The minimum atomic E-state index is -4.10. The molecule has 23 heteroatoms. The van der Waals surface area contributed by atoms with Crippen molar-refractivity contribution in [3.8, 4) is 11.5 Å². The Labute approximate surface area is 390 Å². The van der Waals surface area contributed by atoms with Crippen LogP contribution < -0.4 is 15.0 Å². The van der Waals surface area contributed by atoms with E-state index in [4.69, 9.17) is 82.4 Å². The van der Waals surface area contributed by atoms with Crippen LogP contribution in [0.2, 0.25) is 10.0 Å². The van der Waals surface area contributed by atoms with Crippen LogP contribution in [-0.2, 0) is 34.8 Å². The molecule has 1 unspecified atom stereocenters. The highest BCUT2D eigenvalue weighted by Gasteiger charge is 2.25. The zero-order chi connectivity index (χ0) is 48.4. The van der Waals surface area contributed by atoms with E-state index in [-0.39, 0.29) is 45.8 Å². The second-order valence-corrected chi connectivity index (χ2v) is 16.4. The number of carbonyl (C=O) groups is 4. The largest absolute Gasteiger partial charge is 0.480 e. The summed E-state index contributed by atoms with van der Waals surface area (Å²) in [5.41, 5.74) is 2.62. The number of ether oxygens (including phenoxy) is 3. The van der Waals surface area contributed by atoms with Crippen LogP contribution in [0.1, 0.15) is 35.3 Å². The van der Waals surface area contributed by atoms with Gasteiger partial charge in [-0.25, -0.2) is 4.79 Å². The van der Waals surface area contributed by atoms with E-state index < -0.39 is 42.1 Å². The number of nitrogens with zero attached hydrogens (tertiary/aromatic N) is 3. The number of rotatable bonds is 19. The molecule has 4 N–H and O–H groups in total. The van der Waals surface area contributed by atoms with Gasteiger partial charge in [-0.15, -0.1) is 24.8 Å². The summed E-state index contributed by atoms with van der Waals surface area (Å²) in [6.45, 7) is 14.0. The molecule has 0 saturated heterocycles. The Bertz CT molecular complexity index is 2050. The molecule has 3 rings (SSSR count). The third-order valence-corrected chi connectivity index (χ3v) is 9.43. The number of alkyl halides is 3. The molecule has 0 saturated carbocycles. The monoisotopic (exact) mass is 1000 g/mol. The van der Waals surface area contributed by atoms with Crippen LogP contribution in [0.5, 0.6) is 11.5 Å². The molecule has 0 aliphatic rings. The van der Waals surface area contributed by atoms with Crippen LogP contribution in [0.3, 0.4) is 0 Å². The van der Waals surface area contributed by atoms with Gasteiger partial charge in [-0.2, -0.15) is 0 Å². The van der Waals surface area contributed by atoms with E-state index in [9.17, 15) is 33.9 Å². The van der Waals surface area contributed by atoms with E-state index >= 15 is 0 Å². The Morgan fingerprint density at radius 1 is 1.02 bits per heavy atom. The summed E-state index contributed by atoms with van der Waals surface area (Å²) in [5, 5.41) is 21.7. The number of carboxylic acid groups (broad SMARTS) is 1. The van der Waals surface area contributed by atoms with Crippen LogP contribution in [0.25, 0.3) is 0 Å². The average molecular weight is 1000 g/mol. The standard InChI is InChI=1S/C15H22ClNO2.C14H9Cl2NO5.C8H11Cl2NO.C3H8NO5P/c1-5-13-8-6-7-11(2)15(13)17(14(18)9-16)12(3)10-19-4;1-21-14(18)10-7-9(3-4-12(10)17(19)20)22-13-5-2-8(15)6-11(13)16;1-3-5-11(6-4-2)8(12)7(9)10;5-3(6)1-4-2-10(7,8)9/h6-8,12H,5,9-10H2,1-4H3;2-7H,1H3;3-4,7H,1-2,5-6H2;4H,1-2H2,(H,5,6)(H2,7,8,9). The minimum absolute atomic E-state index is 0.0223. The van der Waals surface area contributed by atoms with E-state index in [2.05, 4.69) is 36.2 Å². The maximum absolute atomic E-state index is 12.2. The van der Waals surface area contributed by atoms with Gasteiger partial charge in [-0.3, -0.25) is 34.4 Å². The fraction of sp³-hybridized carbons (Fsp3) is 0.350. The van der Waals surface area contributed by atoms with Crippen LogP contribution in [0.4, 0.5) is 11.4 Å². The number of nitro groups is 1. The first-order valence-electron chi connectivity index (χ1n) is 18.2. The Morgan fingerprint density at radius 2 is 1.63 bits per heavy atom. The van der Waals surface area contributed by atoms with E-state index in [1.54, 1.807) is 36.3 Å². The minimum Gasteiger partial charge on any atom is -0.480 e. The maximum Gasteiger partial charge on any atom is 0.345 e. The lowest BCUT2D eigenvalue weighted by molar-refractivity contribution is -0.385. The van der Waals surface area contributed by atoms with Gasteiger partial charge in [0.05, 0.1) is 48.2 Å². The van der Waals surface area contributed by atoms with E-state index in [1.165, 1.54) is 23.1 Å². The van der Waals surface area contributed by atoms with Gasteiger partial charge in [-0.1, -0.05) is 83.7 Å². The zero-order valence-electron chi connectivity index (χ0n) is 35.0. The predicted molar refractivity (Wildman–Crippen MR) is 246 cm³/mol. The molecule has 3 aromatic rings. The van der Waals surface area contributed by atoms with Crippen molar-refractivity contribution >= 4 is 101 Å². The number of esters is 1. The van der Waals surface area contributed by atoms with Crippen LogP contribution >= 0.6 is 65.6 Å². The SMILES string of the molecule is C=CCN(CC=C)C(=O)C(Cl)Cl.CCc1cccc(C)c1N(C(=O)CCl)C(C)COC.COC(=O)c1cc(Oc2ccc(Cl)cc2Cl)ccc1[N+](=O)[O-].O=C(O)CNCP(=O)(O)O. The van der Waals surface area contributed by atoms with E-state index in [1.807, 2.05) is 26.0 Å². The fourth-order valence-electron chi connectivity index (χ4n) is 5.03. The van der Waals surface area contributed by atoms with Gasteiger partial charge in [-0.05, 0) is 55.7 Å². The topological polar surface area (TPSA) is 235 Å². The number of para-hydroxylation sites is 1. The smallest absolute Gasteiger partial charge is 0.345 e. The van der Waals surface area contributed by atoms with Crippen molar-refractivity contribution in [3.63, 3.8) is 0 Å². The lowest BCUT2D eigenvalue weighted by atomic mass is 10.0. The van der Waals surface area contributed by atoms with E-state index in [0.717, 1.165) is 36.4 Å². The van der Waals surface area contributed by atoms with Gasteiger partial charge >= 0.3 is 19.5 Å². The van der Waals surface area contributed by atoms with Crippen LogP contribution in [0.15, 0.2) is 79.9 Å². The number of aryl methyl sites for hydroxylation is 2. The molecule has 0 aliphatic heterocycles. The Morgan fingerprint density at radius 3 is 2.10 bits per heavy atom. The second-order valence-electron chi connectivity index (χ2n) is 12.5. The van der Waals surface area contributed by atoms with Gasteiger partial charge in [0.1, 0.15) is 22.9 Å². The number of methoxy groups -OCH3 is 2. The highest BCUT2D eigenvalue weighted by molar-refractivity contribution is 7.51. The molecular weight excluding hydrogens is 953 g/mol. The molecule has 0 fully saturated rings. The number of carbonyl (C=O) groups excluding carboxylic acids is 3. The van der Waals surface area contributed by atoms with Crippen molar-refractivity contribution in [2.75, 3.05) is 57.5 Å². The molecule has 3 aromatic carbocycles. The molecule has 63 heavy (non-hydrogen) atoms. The van der Waals surface area contributed by atoms with Crippen molar-refractivity contribution in [2.24, 2.45) is 0 Å². The summed E-state index contributed by atoms with van der Waals surface area (Å²) in [4.78, 5) is 73.6. The number of anilines is 1. The highest BCUT2D eigenvalue weighted by atomic mass is 35.5. The first kappa shape index (κ1) is 58.7. The summed E-state index contributed by atoms with van der Waals surface area (Å²) in [6.07, 6.45) is 3.50. The number of carboxylic acids is 1. The second kappa shape index (κ2) is 30.8. The van der Waals surface area contributed by atoms with Crippen molar-refractivity contribution < 1.29 is 57.8 Å². The molecule has 0 spiro atoms. The third-order valence-electron chi connectivity index (χ3n) is 7.66. The number of aliphatic carboxylic acids is 1. The molecule has 2 amide bonds. The van der Waals surface area contributed by atoms with Crippen molar-refractivity contribution in [1.82, 2.24) is 10.2 Å². The van der Waals surface area contributed by atoms with Gasteiger partial charge in [0.25, 0.3) is 11.6 Å². The van der Waals surface area contributed by atoms with Crippen LogP contribution in [-0.4, -0.2) is 112 Å². The molecular formula is C40H50Cl5N4O13P. The van der Waals surface area contributed by atoms with Crippen molar-refractivity contribution in [1.29, 1.82) is 0 Å². The van der Waals surface area contributed by atoms with E-state index in [0.29, 0.717) is 30.5 Å². The van der Waals surface area contributed by atoms with Gasteiger partial charge in [0.15, 0.2) is 4.84 Å². The predicted octanol–water partition coefficient (Wildman–Crippen LogP) is 8.43. The molecule has 348 valence electrons. The van der Waals surface area contributed by atoms with Gasteiger partial charge in [0.2, 0.25) is 5.91 Å². The Hall–Kier alpha value is -4.26. The Kier molecular flexibility index (Phi) is 28.7. The number of benzene rings is 3. The van der Waals surface area contributed by atoms with Crippen molar-refractivity contribution in [3.05, 3.63) is 117 Å². The summed E-state index contributed by atoms with van der Waals surface area (Å²) in [6, 6.07) is 14.4. The molecule has 1 atom stereocenters. The first-order chi connectivity index (χ1) is 29.5. The lowest BCUT2D eigenvalue weighted by Crippen LogP contribution is -2.43. The quantitative estimate of drug-likeness (QED) is 0.0220. The Balaban J connectivity index is 0.000000855. The number of nitrogens with one attached hydrogen (secondary N) is 1. The number of amides is 2. The maximum atomic E-state index is 12.2. The number of hydrogen-bond donors (Lipinski definition) is 4. The lowest BCUT2D eigenvalue weighted by Gasteiger charge is -2.31. The normalized spacial score (nSPS) is 10.9. The summed E-state index contributed by atoms with van der Waals surface area (Å²) >= 11 is 28.3. The number of hydrogen-bond acceptors (Lipinski definition) is 11. The average Bonchev–Trinajstić information content (AvgIpc) is 3.21. The summed E-state index contributed by atoms with van der Waals surface area (Å²) < 4.78 is 25.3. The summed E-state index contributed by atoms with van der Waals surface area (Å²) in [7, 11) is -1.32. The molecule has 0 aromatic heterocycles. The molecule has 17 nitrogen and oxygen atoms in total. The molecule has 0 radical (unpaired) electrons. The number of nitro benzene ring substituents is 1. The van der Waals surface area contributed by atoms with Gasteiger partial charge in [0, 0.05) is 37.4 Å². The third kappa shape index (κ3) is 22.3. The number of halogens is 5.